The number of aromatic nitrogens is 2. The topological polar surface area (TPSA) is 56.6 Å². The van der Waals surface area contributed by atoms with Gasteiger partial charge in [-0.05, 0) is 64.3 Å². The second-order valence-corrected chi connectivity index (χ2v) is 17.1. The van der Waals surface area contributed by atoms with Crippen molar-refractivity contribution in [2.24, 2.45) is 0 Å². The predicted molar refractivity (Wildman–Crippen MR) is 131 cm³/mol. The zero-order valence-corrected chi connectivity index (χ0v) is 22.5. The fourth-order valence-electron chi connectivity index (χ4n) is 3.82. The third kappa shape index (κ3) is 5.90. The van der Waals surface area contributed by atoms with Crippen LogP contribution in [0, 0.1) is 6.92 Å². The number of ether oxygens (including phenoxy) is 2. The summed E-state index contributed by atoms with van der Waals surface area (Å²) in [7, 11) is -1.16. The molecule has 8 heteroatoms. The zero-order valence-electron chi connectivity index (χ0n) is 19.9. The van der Waals surface area contributed by atoms with Crippen LogP contribution in [-0.4, -0.2) is 47.4 Å². The average molecular weight is 511 g/mol. The lowest BCUT2D eigenvalue weighted by Gasteiger charge is -2.28. The quantitative estimate of drug-likeness (QED) is 0.329. The summed E-state index contributed by atoms with van der Waals surface area (Å²) in [5, 5.41) is 0. The second kappa shape index (κ2) is 9.23. The van der Waals surface area contributed by atoms with Crippen molar-refractivity contribution >= 4 is 41.1 Å². The molecule has 0 radical (unpaired) electrons. The van der Waals surface area contributed by atoms with E-state index in [9.17, 15) is 4.79 Å². The summed E-state index contributed by atoms with van der Waals surface area (Å²) in [6, 6.07) is 5.15. The van der Waals surface area contributed by atoms with Crippen LogP contribution in [-0.2, 0) is 16.2 Å². The first-order valence-corrected chi connectivity index (χ1v) is 15.6. The number of carbonyl (C=O) groups is 1. The molecule has 1 saturated heterocycles. The normalized spacial score (nSPS) is 17.5. The summed E-state index contributed by atoms with van der Waals surface area (Å²) in [6.07, 6.45) is 1.54. The van der Waals surface area contributed by atoms with E-state index in [1.54, 1.807) is 0 Å². The number of rotatable bonds is 6. The van der Waals surface area contributed by atoms with Crippen LogP contribution in [0.5, 0.6) is 0 Å². The van der Waals surface area contributed by atoms with Crippen molar-refractivity contribution in [3.05, 3.63) is 28.0 Å². The Morgan fingerprint density at radius 1 is 1.29 bits per heavy atom. The molecule has 172 valence electrons. The lowest BCUT2D eigenvalue weighted by atomic mass is 10.2. The van der Waals surface area contributed by atoms with E-state index in [4.69, 9.17) is 14.5 Å². The highest BCUT2D eigenvalue weighted by Crippen LogP contribution is 2.36. The van der Waals surface area contributed by atoms with E-state index in [-0.39, 0.29) is 12.1 Å². The SMILES string of the molecule is Cc1c(Br)ccc2c1nc(C1CCCN1C(=O)OC(C)(C)C)n2COCC[Si](C)(C)C. The van der Waals surface area contributed by atoms with Crippen LogP contribution < -0.4 is 0 Å². The fourth-order valence-corrected chi connectivity index (χ4v) is 4.89. The Bertz CT molecular complexity index is 946. The van der Waals surface area contributed by atoms with Crippen LogP contribution in [0.3, 0.4) is 0 Å². The predicted octanol–water partition coefficient (Wildman–Crippen LogP) is 6.49. The van der Waals surface area contributed by atoms with Crippen LogP contribution >= 0.6 is 15.9 Å². The van der Waals surface area contributed by atoms with Gasteiger partial charge < -0.3 is 14.0 Å². The molecule has 1 amide bonds. The smallest absolute Gasteiger partial charge is 0.410 e. The van der Waals surface area contributed by atoms with Gasteiger partial charge in [-0.15, -0.1) is 0 Å². The summed E-state index contributed by atoms with van der Waals surface area (Å²) in [6.45, 7) is 16.7. The minimum absolute atomic E-state index is 0.110. The number of aryl methyl sites for hydroxylation is 1. The molecule has 2 aromatic rings. The molecule has 1 aromatic heterocycles. The summed E-state index contributed by atoms with van der Waals surface area (Å²) in [5.41, 5.74) is 2.57. The van der Waals surface area contributed by atoms with Gasteiger partial charge in [-0.25, -0.2) is 9.78 Å². The number of carbonyl (C=O) groups excluding carboxylic acids is 1. The van der Waals surface area contributed by atoms with Crippen molar-refractivity contribution in [2.75, 3.05) is 13.2 Å². The summed E-state index contributed by atoms with van der Waals surface area (Å²) < 4.78 is 15.0. The highest BCUT2D eigenvalue weighted by molar-refractivity contribution is 9.10. The molecule has 1 aliphatic heterocycles. The van der Waals surface area contributed by atoms with Gasteiger partial charge in [-0.2, -0.15) is 0 Å². The molecular formula is C23H36BrN3O3Si. The molecule has 6 nitrogen and oxygen atoms in total. The number of fused-ring (bicyclic) bond motifs is 1. The largest absolute Gasteiger partial charge is 0.444 e. The van der Waals surface area contributed by atoms with Gasteiger partial charge in [-0.3, -0.25) is 4.90 Å². The van der Waals surface area contributed by atoms with E-state index in [0.29, 0.717) is 13.3 Å². The number of hydrogen-bond donors (Lipinski definition) is 0. The molecule has 0 bridgehead atoms. The standard InChI is InChI=1S/C23H36BrN3O3Si/c1-16-17(24)10-11-18-20(16)25-21(27(18)15-29-13-14-31(5,6)7)19-9-8-12-26(19)22(28)30-23(2,3)4/h10-11,19H,8-9,12-15H2,1-7H3. The maximum atomic E-state index is 12.9. The molecule has 2 heterocycles. The van der Waals surface area contributed by atoms with Crippen molar-refractivity contribution in [1.29, 1.82) is 0 Å². The van der Waals surface area contributed by atoms with E-state index in [1.807, 2.05) is 25.7 Å². The van der Waals surface area contributed by atoms with E-state index < -0.39 is 13.7 Å². The van der Waals surface area contributed by atoms with Crippen LogP contribution in [0.15, 0.2) is 16.6 Å². The maximum Gasteiger partial charge on any atom is 0.410 e. The molecule has 0 aliphatic carbocycles. The molecule has 0 saturated carbocycles. The number of hydrogen-bond acceptors (Lipinski definition) is 4. The van der Waals surface area contributed by atoms with Crippen LogP contribution in [0.1, 0.15) is 51.0 Å². The second-order valence-electron chi connectivity index (χ2n) is 10.6. The van der Waals surface area contributed by atoms with Gasteiger partial charge >= 0.3 is 6.09 Å². The Labute approximate surface area is 195 Å². The molecule has 1 aliphatic rings. The molecular weight excluding hydrogens is 474 g/mol. The number of benzene rings is 1. The molecule has 31 heavy (non-hydrogen) atoms. The average Bonchev–Trinajstić information content (AvgIpc) is 3.24. The minimum atomic E-state index is -1.16. The summed E-state index contributed by atoms with van der Waals surface area (Å²) in [5.74, 6) is 0.882. The summed E-state index contributed by atoms with van der Waals surface area (Å²) >= 11 is 3.63. The van der Waals surface area contributed by atoms with E-state index in [1.165, 1.54) is 0 Å². The lowest BCUT2D eigenvalue weighted by molar-refractivity contribution is 0.0205. The van der Waals surface area contributed by atoms with Crippen molar-refractivity contribution < 1.29 is 14.3 Å². The Morgan fingerprint density at radius 2 is 2.00 bits per heavy atom. The number of nitrogens with zero attached hydrogens (tertiary/aromatic N) is 3. The molecule has 3 rings (SSSR count). The van der Waals surface area contributed by atoms with Crippen molar-refractivity contribution in [3.63, 3.8) is 0 Å². The Hall–Kier alpha value is -1.38. The van der Waals surface area contributed by atoms with Gasteiger partial charge in [0.15, 0.2) is 0 Å². The Morgan fingerprint density at radius 3 is 2.65 bits per heavy atom. The van der Waals surface area contributed by atoms with Crippen molar-refractivity contribution in [1.82, 2.24) is 14.5 Å². The van der Waals surface area contributed by atoms with Crippen LogP contribution in [0.4, 0.5) is 4.79 Å². The molecule has 0 spiro atoms. The maximum absolute atomic E-state index is 12.9. The lowest BCUT2D eigenvalue weighted by Crippen LogP contribution is -2.37. The van der Waals surface area contributed by atoms with Gasteiger partial charge in [0.1, 0.15) is 18.2 Å². The number of amides is 1. The monoisotopic (exact) mass is 509 g/mol. The van der Waals surface area contributed by atoms with Crippen LogP contribution in [0.25, 0.3) is 11.0 Å². The highest BCUT2D eigenvalue weighted by Gasteiger charge is 2.36. The first-order valence-electron chi connectivity index (χ1n) is 11.1. The third-order valence-electron chi connectivity index (χ3n) is 5.53. The number of imidazole rings is 1. The highest BCUT2D eigenvalue weighted by atomic mass is 79.9. The van der Waals surface area contributed by atoms with Gasteiger partial charge in [0.2, 0.25) is 0 Å². The molecule has 1 aromatic carbocycles. The molecule has 1 fully saturated rings. The molecule has 1 unspecified atom stereocenters. The van der Waals surface area contributed by atoms with E-state index >= 15 is 0 Å². The molecule has 0 N–H and O–H groups in total. The van der Waals surface area contributed by atoms with Gasteiger partial charge in [-0.1, -0.05) is 35.6 Å². The first-order chi connectivity index (χ1) is 14.4. The zero-order chi connectivity index (χ0) is 23.0. The van der Waals surface area contributed by atoms with Gasteiger partial charge in [0.05, 0.1) is 17.1 Å². The van der Waals surface area contributed by atoms with Crippen molar-refractivity contribution in [3.8, 4) is 0 Å². The number of halogens is 1. The third-order valence-corrected chi connectivity index (χ3v) is 8.10. The van der Waals surface area contributed by atoms with E-state index in [2.05, 4.69) is 59.2 Å². The first kappa shape index (κ1) is 24.3. The fraction of sp³-hybridized carbons (Fsp3) is 0.652. The van der Waals surface area contributed by atoms with E-state index in [0.717, 1.165) is 52.4 Å². The number of likely N-dealkylation sites (tertiary alicyclic amines) is 1. The van der Waals surface area contributed by atoms with Gasteiger partial charge in [0, 0.05) is 25.7 Å². The Balaban J connectivity index is 1.94. The van der Waals surface area contributed by atoms with Crippen LogP contribution in [0.2, 0.25) is 25.7 Å². The molecule has 1 atom stereocenters. The van der Waals surface area contributed by atoms with Gasteiger partial charge in [0.25, 0.3) is 0 Å². The van der Waals surface area contributed by atoms with Crippen molar-refractivity contribution in [2.45, 2.75) is 84.6 Å². The summed E-state index contributed by atoms with van der Waals surface area (Å²) in [4.78, 5) is 19.7. The minimum Gasteiger partial charge on any atom is -0.444 e. The Kier molecular flexibility index (Phi) is 7.23.